The van der Waals surface area contributed by atoms with Crippen LogP contribution in [0.2, 0.25) is 5.02 Å². The minimum absolute atomic E-state index is 0.0648. The van der Waals surface area contributed by atoms with E-state index in [1.807, 2.05) is 6.92 Å². The Morgan fingerprint density at radius 3 is 2.88 bits per heavy atom. The first-order valence-electron chi connectivity index (χ1n) is 5.38. The molecule has 16 heavy (non-hydrogen) atoms. The standard InChI is InChI=1S/C11H17ClN2OS/c1-4-14-11(9(12)5-13-14)10(15)7-16-6-8(2)3/h5,8H,4,6-7H2,1-3H3. The van der Waals surface area contributed by atoms with E-state index in [2.05, 4.69) is 18.9 Å². The third-order valence-electron chi connectivity index (χ3n) is 2.04. The quantitative estimate of drug-likeness (QED) is 0.737. The van der Waals surface area contributed by atoms with Gasteiger partial charge in [-0.3, -0.25) is 9.48 Å². The second kappa shape index (κ2) is 6.30. The van der Waals surface area contributed by atoms with Crippen molar-refractivity contribution >= 4 is 29.1 Å². The van der Waals surface area contributed by atoms with Crippen molar-refractivity contribution in [3.63, 3.8) is 0 Å². The summed E-state index contributed by atoms with van der Waals surface area (Å²) in [6.07, 6.45) is 1.53. The number of aryl methyl sites for hydroxylation is 1. The summed E-state index contributed by atoms with van der Waals surface area (Å²) in [5.41, 5.74) is 0.542. The highest BCUT2D eigenvalue weighted by Gasteiger charge is 2.16. The van der Waals surface area contributed by atoms with Gasteiger partial charge in [-0.15, -0.1) is 0 Å². The van der Waals surface area contributed by atoms with Crippen molar-refractivity contribution in [3.8, 4) is 0 Å². The van der Waals surface area contributed by atoms with Gasteiger partial charge in [0.05, 0.1) is 17.0 Å². The minimum atomic E-state index is 0.0648. The number of halogens is 1. The molecule has 0 saturated heterocycles. The second-order valence-electron chi connectivity index (χ2n) is 3.99. The van der Waals surface area contributed by atoms with E-state index in [4.69, 9.17) is 11.6 Å². The van der Waals surface area contributed by atoms with Gasteiger partial charge in [0.1, 0.15) is 5.69 Å². The van der Waals surface area contributed by atoms with Crippen LogP contribution in [0.1, 0.15) is 31.3 Å². The molecule has 1 rings (SSSR count). The lowest BCUT2D eigenvalue weighted by Gasteiger charge is -2.06. The molecule has 0 spiro atoms. The number of hydrogen-bond donors (Lipinski definition) is 0. The van der Waals surface area contributed by atoms with Crippen molar-refractivity contribution in [2.24, 2.45) is 5.92 Å². The highest BCUT2D eigenvalue weighted by atomic mass is 35.5. The van der Waals surface area contributed by atoms with Gasteiger partial charge in [-0.05, 0) is 18.6 Å². The summed E-state index contributed by atoms with van der Waals surface area (Å²) >= 11 is 7.59. The van der Waals surface area contributed by atoms with Crippen LogP contribution in [0.25, 0.3) is 0 Å². The smallest absolute Gasteiger partial charge is 0.192 e. The first-order chi connectivity index (χ1) is 7.56. The Labute approximate surface area is 106 Å². The van der Waals surface area contributed by atoms with E-state index < -0.39 is 0 Å². The van der Waals surface area contributed by atoms with Crippen molar-refractivity contribution in [3.05, 3.63) is 16.9 Å². The van der Waals surface area contributed by atoms with Crippen molar-refractivity contribution in [1.29, 1.82) is 0 Å². The molecule has 0 bridgehead atoms. The number of rotatable bonds is 6. The summed E-state index contributed by atoms with van der Waals surface area (Å²) in [7, 11) is 0. The second-order valence-corrected chi connectivity index (χ2v) is 5.43. The first kappa shape index (κ1) is 13.6. The Kier molecular flexibility index (Phi) is 5.35. The number of carbonyl (C=O) groups excluding carboxylic acids is 1. The first-order valence-corrected chi connectivity index (χ1v) is 6.91. The fraction of sp³-hybridized carbons (Fsp3) is 0.636. The van der Waals surface area contributed by atoms with E-state index in [1.165, 1.54) is 6.20 Å². The van der Waals surface area contributed by atoms with Crippen LogP contribution in [0.4, 0.5) is 0 Å². The average Bonchev–Trinajstić information content (AvgIpc) is 2.58. The summed E-state index contributed by atoms with van der Waals surface area (Å²) in [6.45, 7) is 6.89. The molecule has 1 heterocycles. The zero-order valence-electron chi connectivity index (χ0n) is 9.86. The van der Waals surface area contributed by atoms with Crippen LogP contribution in [0, 0.1) is 5.92 Å². The van der Waals surface area contributed by atoms with E-state index in [0.29, 0.717) is 28.9 Å². The van der Waals surface area contributed by atoms with Crippen molar-refractivity contribution in [2.45, 2.75) is 27.3 Å². The lowest BCUT2D eigenvalue weighted by atomic mass is 10.3. The molecule has 0 aliphatic carbocycles. The Balaban J connectivity index is 2.62. The molecule has 0 fully saturated rings. The molecule has 90 valence electrons. The maximum Gasteiger partial charge on any atom is 0.192 e. The number of nitrogens with zero attached hydrogens (tertiary/aromatic N) is 2. The minimum Gasteiger partial charge on any atom is -0.291 e. The zero-order chi connectivity index (χ0) is 12.1. The fourth-order valence-corrected chi connectivity index (χ4v) is 2.49. The van der Waals surface area contributed by atoms with E-state index in [-0.39, 0.29) is 5.78 Å². The number of carbonyl (C=O) groups is 1. The molecule has 0 aliphatic heterocycles. The molecule has 0 N–H and O–H groups in total. The van der Waals surface area contributed by atoms with Crippen LogP contribution >= 0.6 is 23.4 Å². The Morgan fingerprint density at radius 2 is 2.31 bits per heavy atom. The van der Waals surface area contributed by atoms with Gasteiger partial charge >= 0.3 is 0 Å². The van der Waals surface area contributed by atoms with Gasteiger partial charge in [0, 0.05) is 6.54 Å². The summed E-state index contributed by atoms with van der Waals surface area (Å²) in [4.78, 5) is 11.9. The molecule has 0 atom stereocenters. The summed E-state index contributed by atoms with van der Waals surface area (Å²) in [5, 5.41) is 4.51. The lowest BCUT2D eigenvalue weighted by molar-refractivity contribution is 0.101. The highest BCUT2D eigenvalue weighted by molar-refractivity contribution is 7.99. The molecular formula is C11H17ClN2OS. The molecule has 0 amide bonds. The van der Waals surface area contributed by atoms with E-state index >= 15 is 0 Å². The van der Waals surface area contributed by atoms with Crippen LogP contribution in [-0.2, 0) is 6.54 Å². The molecule has 0 aromatic carbocycles. The number of Topliss-reactive ketones (excluding diaryl/α,β-unsaturated/α-hetero) is 1. The SMILES string of the molecule is CCn1ncc(Cl)c1C(=O)CSCC(C)C. The fourth-order valence-electron chi connectivity index (χ4n) is 1.34. The number of aromatic nitrogens is 2. The molecule has 3 nitrogen and oxygen atoms in total. The third-order valence-corrected chi connectivity index (χ3v) is 3.69. The predicted molar refractivity (Wildman–Crippen MR) is 69.4 cm³/mol. The van der Waals surface area contributed by atoms with E-state index in [0.717, 1.165) is 5.75 Å². The van der Waals surface area contributed by atoms with Crippen LogP contribution in [0.5, 0.6) is 0 Å². The predicted octanol–water partition coefficient (Wildman–Crippen LogP) is 3.13. The van der Waals surface area contributed by atoms with Gasteiger partial charge in [-0.25, -0.2) is 0 Å². The average molecular weight is 261 g/mol. The Hall–Kier alpha value is -0.480. The Morgan fingerprint density at radius 1 is 1.62 bits per heavy atom. The maximum atomic E-state index is 11.9. The summed E-state index contributed by atoms with van der Waals surface area (Å²) in [6, 6.07) is 0. The van der Waals surface area contributed by atoms with Gasteiger partial charge in [0.15, 0.2) is 5.78 Å². The Bertz CT molecular complexity index is 363. The molecule has 5 heteroatoms. The molecule has 0 radical (unpaired) electrons. The van der Waals surface area contributed by atoms with Gasteiger partial charge < -0.3 is 0 Å². The van der Waals surface area contributed by atoms with Gasteiger partial charge in [-0.1, -0.05) is 25.4 Å². The number of ketones is 1. The largest absolute Gasteiger partial charge is 0.291 e. The van der Waals surface area contributed by atoms with Crippen LogP contribution < -0.4 is 0 Å². The normalized spacial score (nSPS) is 11.1. The summed E-state index contributed by atoms with van der Waals surface area (Å²) in [5.74, 6) is 2.13. The lowest BCUT2D eigenvalue weighted by Crippen LogP contribution is -2.12. The van der Waals surface area contributed by atoms with Crippen molar-refractivity contribution in [2.75, 3.05) is 11.5 Å². The van der Waals surface area contributed by atoms with Gasteiger partial charge in [0.25, 0.3) is 0 Å². The van der Waals surface area contributed by atoms with Crippen LogP contribution in [0.15, 0.2) is 6.20 Å². The summed E-state index contributed by atoms with van der Waals surface area (Å²) < 4.78 is 1.65. The highest BCUT2D eigenvalue weighted by Crippen LogP contribution is 2.18. The molecule has 0 saturated carbocycles. The van der Waals surface area contributed by atoms with E-state index in [1.54, 1.807) is 16.4 Å². The molecule has 1 aromatic rings. The van der Waals surface area contributed by atoms with Crippen molar-refractivity contribution < 1.29 is 4.79 Å². The topological polar surface area (TPSA) is 34.9 Å². The third kappa shape index (κ3) is 3.52. The van der Waals surface area contributed by atoms with Crippen LogP contribution in [0.3, 0.4) is 0 Å². The zero-order valence-corrected chi connectivity index (χ0v) is 11.4. The molecule has 1 aromatic heterocycles. The molecule has 0 unspecified atom stereocenters. The number of hydrogen-bond acceptors (Lipinski definition) is 3. The van der Waals surface area contributed by atoms with Crippen LogP contribution in [-0.4, -0.2) is 27.1 Å². The number of thioether (sulfide) groups is 1. The monoisotopic (exact) mass is 260 g/mol. The van der Waals surface area contributed by atoms with E-state index in [9.17, 15) is 4.79 Å². The van der Waals surface area contributed by atoms with Gasteiger partial charge in [-0.2, -0.15) is 16.9 Å². The molecular weight excluding hydrogens is 244 g/mol. The van der Waals surface area contributed by atoms with Crippen molar-refractivity contribution in [1.82, 2.24) is 9.78 Å². The molecule has 0 aliphatic rings. The maximum absolute atomic E-state index is 11.9. The van der Waals surface area contributed by atoms with Gasteiger partial charge in [0.2, 0.25) is 0 Å².